The molecule has 1 heterocycles. The smallest absolute Gasteiger partial charge is 0.221 e. The van der Waals surface area contributed by atoms with Gasteiger partial charge in [0.2, 0.25) is 5.91 Å². The van der Waals surface area contributed by atoms with Gasteiger partial charge in [0.25, 0.3) is 0 Å². The van der Waals surface area contributed by atoms with E-state index < -0.39 is 0 Å². The third-order valence-electron chi connectivity index (χ3n) is 3.77. The summed E-state index contributed by atoms with van der Waals surface area (Å²) in [5.74, 6) is -0.0535. The number of hydrogen-bond acceptors (Lipinski definition) is 4. The van der Waals surface area contributed by atoms with Crippen LogP contribution in [0.2, 0.25) is 0 Å². The summed E-state index contributed by atoms with van der Waals surface area (Å²) in [6.45, 7) is 4.03. The minimum Gasteiger partial charge on any atom is -0.326 e. The fraction of sp³-hybridized carbons (Fsp3) is 0.200. The summed E-state index contributed by atoms with van der Waals surface area (Å²) in [5.41, 5.74) is 3.32. The summed E-state index contributed by atoms with van der Waals surface area (Å²) < 4.78 is 0. The number of benzene rings is 2. The van der Waals surface area contributed by atoms with Crippen LogP contribution in [0, 0.1) is 0 Å². The molecule has 0 bridgehead atoms. The van der Waals surface area contributed by atoms with E-state index in [1.165, 1.54) is 18.1 Å². The van der Waals surface area contributed by atoms with Crippen molar-refractivity contribution in [3.05, 3.63) is 82.3 Å². The Kier molecular flexibility index (Phi) is 5.93. The SMILES string of the molecule is CC(=O)Nc1ccc(CN(Cc2ccccc2)Cc2nccs2)cc1. The van der Waals surface area contributed by atoms with Crippen LogP contribution >= 0.6 is 11.3 Å². The molecule has 0 aliphatic carbocycles. The second kappa shape index (κ2) is 8.55. The van der Waals surface area contributed by atoms with Gasteiger partial charge in [-0.25, -0.2) is 4.98 Å². The van der Waals surface area contributed by atoms with Crippen molar-refractivity contribution in [1.29, 1.82) is 0 Å². The normalized spacial score (nSPS) is 10.8. The quantitative estimate of drug-likeness (QED) is 0.690. The molecule has 1 aromatic heterocycles. The first-order valence-corrected chi connectivity index (χ1v) is 9.08. The van der Waals surface area contributed by atoms with E-state index in [4.69, 9.17) is 0 Å². The molecule has 0 aliphatic rings. The molecule has 0 fully saturated rings. The van der Waals surface area contributed by atoms with Gasteiger partial charge in [-0.05, 0) is 23.3 Å². The molecular formula is C20H21N3OS. The largest absolute Gasteiger partial charge is 0.326 e. The molecule has 128 valence electrons. The van der Waals surface area contributed by atoms with Gasteiger partial charge in [0.15, 0.2) is 0 Å². The van der Waals surface area contributed by atoms with Crippen molar-refractivity contribution in [1.82, 2.24) is 9.88 Å². The Hall–Kier alpha value is -2.50. The van der Waals surface area contributed by atoms with Crippen LogP contribution in [0.3, 0.4) is 0 Å². The zero-order valence-electron chi connectivity index (χ0n) is 14.2. The van der Waals surface area contributed by atoms with Crippen LogP contribution in [0.15, 0.2) is 66.2 Å². The highest BCUT2D eigenvalue weighted by molar-refractivity contribution is 7.09. The average Bonchev–Trinajstić information content (AvgIpc) is 3.10. The molecule has 0 unspecified atom stereocenters. The van der Waals surface area contributed by atoms with Crippen LogP contribution in [-0.2, 0) is 24.4 Å². The van der Waals surface area contributed by atoms with E-state index in [0.717, 1.165) is 30.3 Å². The Bertz CT molecular complexity index is 786. The third kappa shape index (κ3) is 5.52. The molecule has 3 rings (SSSR count). The summed E-state index contributed by atoms with van der Waals surface area (Å²) in [5, 5.41) is 5.93. The minimum absolute atomic E-state index is 0.0535. The number of aromatic nitrogens is 1. The molecule has 0 radical (unpaired) electrons. The Morgan fingerprint density at radius 1 is 1.00 bits per heavy atom. The van der Waals surface area contributed by atoms with E-state index >= 15 is 0 Å². The van der Waals surface area contributed by atoms with Crippen molar-refractivity contribution >= 4 is 22.9 Å². The van der Waals surface area contributed by atoms with E-state index in [1.807, 2.05) is 29.8 Å². The molecule has 2 aromatic carbocycles. The lowest BCUT2D eigenvalue weighted by molar-refractivity contribution is -0.114. The Labute approximate surface area is 152 Å². The Balaban J connectivity index is 1.71. The van der Waals surface area contributed by atoms with E-state index in [0.29, 0.717) is 0 Å². The van der Waals surface area contributed by atoms with Crippen molar-refractivity contribution in [3.8, 4) is 0 Å². The maximum Gasteiger partial charge on any atom is 0.221 e. The molecule has 1 amide bonds. The standard InChI is InChI=1S/C20H21N3OS/c1-16(24)22-19-9-7-18(8-10-19)14-23(15-20-21-11-12-25-20)13-17-5-3-2-4-6-17/h2-12H,13-15H2,1H3,(H,22,24). The molecular weight excluding hydrogens is 330 g/mol. The maximum atomic E-state index is 11.1. The molecule has 0 saturated heterocycles. The zero-order chi connectivity index (χ0) is 17.5. The van der Waals surface area contributed by atoms with Gasteiger partial charge < -0.3 is 5.32 Å². The maximum absolute atomic E-state index is 11.1. The highest BCUT2D eigenvalue weighted by Gasteiger charge is 2.10. The van der Waals surface area contributed by atoms with Crippen LogP contribution in [0.4, 0.5) is 5.69 Å². The molecule has 0 aliphatic heterocycles. The number of nitrogens with one attached hydrogen (secondary N) is 1. The summed E-state index contributed by atoms with van der Waals surface area (Å²) >= 11 is 1.68. The Morgan fingerprint density at radius 2 is 1.68 bits per heavy atom. The number of hydrogen-bond donors (Lipinski definition) is 1. The number of thiazole rings is 1. The fourth-order valence-electron chi connectivity index (χ4n) is 2.69. The fourth-order valence-corrected chi connectivity index (χ4v) is 3.34. The van der Waals surface area contributed by atoms with E-state index in [2.05, 4.69) is 51.6 Å². The minimum atomic E-state index is -0.0535. The van der Waals surface area contributed by atoms with Crippen LogP contribution in [0.1, 0.15) is 23.1 Å². The topological polar surface area (TPSA) is 45.2 Å². The van der Waals surface area contributed by atoms with E-state index in [1.54, 1.807) is 11.3 Å². The first kappa shape index (κ1) is 17.3. The Morgan fingerprint density at radius 3 is 2.28 bits per heavy atom. The van der Waals surface area contributed by atoms with Gasteiger partial charge in [-0.15, -0.1) is 11.3 Å². The van der Waals surface area contributed by atoms with Gasteiger partial charge in [0.1, 0.15) is 5.01 Å². The predicted molar refractivity (Wildman–Crippen MR) is 102 cm³/mol. The number of anilines is 1. The summed E-state index contributed by atoms with van der Waals surface area (Å²) in [4.78, 5) is 17.9. The number of carbonyl (C=O) groups is 1. The number of carbonyl (C=O) groups excluding carboxylic acids is 1. The number of rotatable bonds is 7. The average molecular weight is 351 g/mol. The number of nitrogens with zero attached hydrogens (tertiary/aromatic N) is 2. The van der Waals surface area contributed by atoms with Gasteiger partial charge >= 0.3 is 0 Å². The van der Waals surface area contributed by atoms with Gasteiger partial charge in [0.05, 0.1) is 6.54 Å². The molecule has 0 spiro atoms. The summed E-state index contributed by atoms with van der Waals surface area (Å²) in [6.07, 6.45) is 1.85. The van der Waals surface area contributed by atoms with Crippen molar-refractivity contribution in [2.75, 3.05) is 5.32 Å². The molecule has 4 nitrogen and oxygen atoms in total. The first-order chi connectivity index (χ1) is 12.2. The highest BCUT2D eigenvalue weighted by atomic mass is 32.1. The first-order valence-electron chi connectivity index (χ1n) is 8.20. The van der Waals surface area contributed by atoms with Gasteiger partial charge in [-0.1, -0.05) is 42.5 Å². The van der Waals surface area contributed by atoms with Gasteiger partial charge in [-0.3, -0.25) is 9.69 Å². The molecule has 0 saturated carbocycles. The molecule has 0 atom stereocenters. The summed E-state index contributed by atoms with van der Waals surface area (Å²) in [6, 6.07) is 18.5. The monoisotopic (exact) mass is 351 g/mol. The van der Waals surface area contributed by atoms with Gasteiger partial charge in [0, 0.05) is 37.3 Å². The number of amides is 1. The van der Waals surface area contributed by atoms with Crippen molar-refractivity contribution in [2.24, 2.45) is 0 Å². The summed E-state index contributed by atoms with van der Waals surface area (Å²) in [7, 11) is 0. The van der Waals surface area contributed by atoms with Crippen molar-refractivity contribution in [3.63, 3.8) is 0 Å². The second-order valence-corrected chi connectivity index (χ2v) is 6.91. The predicted octanol–water partition coefficient (Wildman–Crippen LogP) is 4.30. The van der Waals surface area contributed by atoms with Crippen LogP contribution in [-0.4, -0.2) is 15.8 Å². The van der Waals surface area contributed by atoms with Gasteiger partial charge in [-0.2, -0.15) is 0 Å². The second-order valence-electron chi connectivity index (χ2n) is 5.93. The molecule has 1 N–H and O–H groups in total. The molecule has 5 heteroatoms. The highest BCUT2D eigenvalue weighted by Crippen LogP contribution is 2.17. The third-order valence-corrected chi connectivity index (χ3v) is 4.54. The lowest BCUT2D eigenvalue weighted by atomic mass is 10.1. The van der Waals surface area contributed by atoms with Crippen LogP contribution in [0.25, 0.3) is 0 Å². The molecule has 25 heavy (non-hydrogen) atoms. The van der Waals surface area contributed by atoms with E-state index in [-0.39, 0.29) is 5.91 Å². The van der Waals surface area contributed by atoms with Crippen LogP contribution in [0.5, 0.6) is 0 Å². The molecule has 3 aromatic rings. The van der Waals surface area contributed by atoms with Crippen molar-refractivity contribution < 1.29 is 4.79 Å². The lowest BCUT2D eigenvalue weighted by Gasteiger charge is -2.21. The zero-order valence-corrected chi connectivity index (χ0v) is 15.0. The van der Waals surface area contributed by atoms with Crippen molar-refractivity contribution in [2.45, 2.75) is 26.6 Å². The van der Waals surface area contributed by atoms with E-state index in [9.17, 15) is 4.79 Å². The lowest BCUT2D eigenvalue weighted by Crippen LogP contribution is -2.22. The van der Waals surface area contributed by atoms with Crippen LogP contribution < -0.4 is 5.32 Å².